The highest BCUT2D eigenvalue weighted by atomic mass is 35.5. The number of rotatable bonds is 7. The largest absolute Gasteiger partial charge is 0.507 e. The van der Waals surface area contributed by atoms with Crippen LogP contribution in [0.1, 0.15) is 41.6 Å². The third-order valence-corrected chi connectivity index (χ3v) is 6.52. The van der Waals surface area contributed by atoms with Crippen LogP contribution in [0.5, 0.6) is 5.75 Å². The van der Waals surface area contributed by atoms with E-state index in [0.29, 0.717) is 28.5 Å². The molecule has 1 atom stereocenters. The van der Waals surface area contributed by atoms with Crippen LogP contribution >= 0.6 is 23.2 Å². The molecular formula is C27H24Cl2N2O4. The minimum atomic E-state index is -0.860. The third-order valence-electron chi connectivity index (χ3n) is 5.79. The smallest absolute Gasteiger partial charge is 0.295 e. The molecule has 1 N–H and O–H groups in total. The number of aromatic nitrogens is 1. The first-order chi connectivity index (χ1) is 16.8. The summed E-state index contributed by atoms with van der Waals surface area (Å²) in [7, 11) is 0. The minimum Gasteiger partial charge on any atom is -0.507 e. The van der Waals surface area contributed by atoms with Gasteiger partial charge in [0.05, 0.1) is 28.3 Å². The summed E-state index contributed by atoms with van der Waals surface area (Å²) in [5.41, 5.74) is 2.50. The Labute approximate surface area is 213 Å². The summed E-state index contributed by atoms with van der Waals surface area (Å²) in [4.78, 5) is 31.9. The molecule has 4 rings (SSSR count). The van der Waals surface area contributed by atoms with E-state index < -0.39 is 17.7 Å². The lowest BCUT2D eigenvalue weighted by Gasteiger charge is -2.25. The number of aliphatic hydroxyl groups is 1. The Balaban J connectivity index is 1.83. The number of benzene rings is 2. The van der Waals surface area contributed by atoms with Gasteiger partial charge in [-0.15, -0.1) is 0 Å². The van der Waals surface area contributed by atoms with E-state index in [-0.39, 0.29) is 22.9 Å². The van der Waals surface area contributed by atoms with E-state index in [4.69, 9.17) is 27.9 Å². The molecular weight excluding hydrogens is 487 g/mol. The number of aliphatic hydroxyl groups excluding tert-OH is 1. The molecule has 1 amide bonds. The standard InChI is InChI=1S/C27H24Cl2N2O4/c1-3-11-35-22-9-7-19(12-16(22)2)25(32)23-24(18-6-8-20(28)21(29)13-18)31(27(34)26(23)33)15-17-5-4-10-30-14-17/h4-10,12-14,24,32H,3,11,15H2,1-2H3/b25-23-. The van der Waals surface area contributed by atoms with E-state index in [9.17, 15) is 14.7 Å². The van der Waals surface area contributed by atoms with Crippen LogP contribution in [0.15, 0.2) is 66.5 Å². The Morgan fingerprint density at radius 2 is 1.91 bits per heavy atom. The zero-order valence-electron chi connectivity index (χ0n) is 19.3. The SMILES string of the molecule is CCCOc1ccc(/C(O)=C2/C(=O)C(=O)N(Cc3cccnc3)C2c2ccc(Cl)c(Cl)c2)cc1C. The second kappa shape index (κ2) is 10.5. The molecule has 1 aliphatic rings. The molecule has 35 heavy (non-hydrogen) atoms. The highest BCUT2D eigenvalue weighted by Crippen LogP contribution is 2.42. The van der Waals surface area contributed by atoms with Gasteiger partial charge in [-0.2, -0.15) is 0 Å². The fraction of sp³-hybridized carbons (Fsp3) is 0.222. The number of likely N-dealkylation sites (tertiary alicyclic amines) is 1. The number of hydrogen-bond donors (Lipinski definition) is 1. The van der Waals surface area contributed by atoms with E-state index in [0.717, 1.165) is 17.5 Å². The first kappa shape index (κ1) is 24.8. The number of pyridine rings is 1. The Hall–Kier alpha value is -3.35. The number of hydrogen-bond acceptors (Lipinski definition) is 5. The highest BCUT2D eigenvalue weighted by molar-refractivity contribution is 6.46. The summed E-state index contributed by atoms with van der Waals surface area (Å²) < 4.78 is 5.72. The second-order valence-electron chi connectivity index (χ2n) is 8.29. The monoisotopic (exact) mass is 510 g/mol. The van der Waals surface area contributed by atoms with Crippen LogP contribution in [-0.4, -0.2) is 33.3 Å². The summed E-state index contributed by atoms with van der Waals surface area (Å²) in [5.74, 6) is -1.06. The summed E-state index contributed by atoms with van der Waals surface area (Å²) in [6, 6.07) is 12.8. The minimum absolute atomic E-state index is 0.0149. The van der Waals surface area contributed by atoms with Crippen molar-refractivity contribution in [1.29, 1.82) is 0 Å². The van der Waals surface area contributed by atoms with Crippen LogP contribution < -0.4 is 4.74 Å². The lowest BCUT2D eigenvalue weighted by molar-refractivity contribution is -0.140. The van der Waals surface area contributed by atoms with E-state index in [1.54, 1.807) is 54.9 Å². The van der Waals surface area contributed by atoms with Crippen molar-refractivity contribution < 1.29 is 19.4 Å². The molecule has 0 bridgehead atoms. The second-order valence-corrected chi connectivity index (χ2v) is 9.10. The fourth-order valence-corrected chi connectivity index (χ4v) is 4.39. The van der Waals surface area contributed by atoms with Crippen LogP contribution in [0.2, 0.25) is 10.0 Å². The number of Topliss-reactive ketones (excluding diaryl/α,β-unsaturated/α-hetero) is 1. The summed E-state index contributed by atoms with van der Waals surface area (Å²) in [6.45, 7) is 4.58. The zero-order valence-corrected chi connectivity index (χ0v) is 20.8. The maximum atomic E-state index is 13.2. The predicted octanol–water partition coefficient (Wildman–Crippen LogP) is 6.11. The van der Waals surface area contributed by atoms with Crippen molar-refractivity contribution >= 4 is 40.7 Å². The predicted molar refractivity (Wildman–Crippen MR) is 136 cm³/mol. The maximum Gasteiger partial charge on any atom is 0.295 e. The summed E-state index contributed by atoms with van der Waals surface area (Å²) >= 11 is 12.4. The molecule has 1 aromatic heterocycles. The highest BCUT2D eigenvalue weighted by Gasteiger charge is 2.46. The molecule has 1 aliphatic heterocycles. The van der Waals surface area contributed by atoms with Crippen LogP contribution in [0.4, 0.5) is 0 Å². The first-order valence-electron chi connectivity index (χ1n) is 11.2. The Bertz CT molecular complexity index is 1310. The Kier molecular flexibility index (Phi) is 7.43. The van der Waals surface area contributed by atoms with Gasteiger partial charge in [0.25, 0.3) is 11.7 Å². The summed E-state index contributed by atoms with van der Waals surface area (Å²) in [6.07, 6.45) is 4.12. The van der Waals surface area contributed by atoms with Crippen molar-refractivity contribution in [3.8, 4) is 5.75 Å². The number of ether oxygens (including phenoxy) is 1. The molecule has 0 aliphatic carbocycles. The molecule has 2 aromatic carbocycles. The van der Waals surface area contributed by atoms with Gasteiger partial charge in [-0.3, -0.25) is 14.6 Å². The van der Waals surface area contributed by atoms with E-state index in [1.807, 2.05) is 19.9 Å². The average molecular weight is 511 g/mol. The van der Waals surface area contributed by atoms with Gasteiger partial charge in [-0.1, -0.05) is 42.3 Å². The van der Waals surface area contributed by atoms with Crippen LogP contribution in [0.3, 0.4) is 0 Å². The maximum absolute atomic E-state index is 13.2. The van der Waals surface area contributed by atoms with Gasteiger partial charge in [-0.05, 0) is 66.4 Å². The van der Waals surface area contributed by atoms with Gasteiger partial charge in [0, 0.05) is 24.5 Å². The average Bonchev–Trinajstić information content (AvgIpc) is 3.10. The van der Waals surface area contributed by atoms with Crippen molar-refractivity contribution in [2.45, 2.75) is 32.9 Å². The lowest BCUT2D eigenvalue weighted by atomic mass is 9.94. The first-order valence-corrected chi connectivity index (χ1v) is 11.9. The van der Waals surface area contributed by atoms with Crippen molar-refractivity contribution in [1.82, 2.24) is 9.88 Å². The van der Waals surface area contributed by atoms with Crippen LogP contribution in [-0.2, 0) is 16.1 Å². The van der Waals surface area contributed by atoms with E-state index in [1.165, 1.54) is 4.90 Å². The van der Waals surface area contributed by atoms with Gasteiger partial charge < -0.3 is 14.7 Å². The van der Waals surface area contributed by atoms with Crippen molar-refractivity contribution in [2.75, 3.05) is 6.61 Å². The molecule has 1 fully saturated rings. The molecule has 8 heteroatoms. The Morgan fingerprint density at radius 3 is 2.57 bits per heavy atom. The number of aryl methyl sites for hydroxylation is 1. The van der Waals surface area contributed by atoms with Gasteiger partial charge in [0.15, 0.2) is 0 Å². The third kappa shape index (κ3) is 5.04. The number of ketones is 1. The number of nitrogens with zero attached hydrogens (tertiary/aromatic N) is 2. The van der Waals surface area contributed by atoms with Gasteiger partial charge in [-0.25, -0.2) is 0 Å². The molecule has 2 heterocycles. The molecule has 0 saturated carbocycles. The molecule has 3 aromatic rings. The normalized spacial score (nSPS) is 17.1. The van der Waals surface area contributed by atoms with Gasteiger partial charge in [0.2, 0.25) is 0 Å². The van der Waals surface area contributed by atoms with Crippen molar-refractivity contribution in [3.05, 3.63) is 98.8 Å². The van der Waals surface area contributed by atoms with Gasteiger partial charge >= 0.3 is 0 Å². The van der Waals surface area contributed by atoms with Gasteiger partial charge in [0.1, 0.15) is 11.5 Å². The van der Waals surface area contributed by atoms with Crippen molar-refractivity contribution in [2.24, 2.45) is 0 Å². The molecule has 0 spiro atoms. The topological polar surface area (TPSA) is 79.7 Å². The lowest BCUT2D eigenvalue weighted by Crippen LogP contribution is -2.29. The number of halogens is 2. The molecule has 6 nitrogen and oxygen atoms in total. The molecule has 180 valence electrons. The van der Waals surface area contributed by atoms with E-state index in [2.05, 4.69) is 4.98 Å². The summed E-state index contributed by atoms with van der Waals surface area (Å²) in [5, 5.41) is 11.9. The quantitative estimate of drug-likeness (QED) is 0.235. The molecule has 1 saturated heterocycles. The number of carbonyl (C=O) groups excluding carboxylic acids is 2. The number of carbonyl (C=O) groups is 2. The zero-order chi connectivity index (χ0) is 25.1. The van der Waals surface area contributed by atoms with Crippen LogP contribution in [0, 0.1) is 6.92 Å². The molecule has 1 unspecified atom stereocenters. The van der Waals surface area contributed by atoms with Crippen LogP contribution in [0.25, 0.3) is 5.76 Å². The Morgan fingerprint density at radius 1 is 1.11 bits per heavy atom. The number of amides is 1. The molecule has 0 radical (unpaired) electrons. The fourth-order valence-electron chi connectivity index (χ4n) is 4.09. The van der Waals surface area contributed by atoms with E-state index >= 15 is 0 Å². The van der Waals surface area contributed by atoms with Crippen molar-refractivity contribution in [3.63, 3.8) is 0 Å².